The Labute approximate surface area is 229 Å². The lowest BCUT2D eigenvalue weighted by molar-refractivity contribution is -0.235. The summed E-state index contributed by atoms with van der Waals surface area (Å²) in [5.41, 5.74) is 0.258. The Morgan fingerprint density at radius 3 is 2.33 bits per heavy atom. The number of hydrazine groups is 1. The third kappa shape index (κ3) is 6.31. The first-order valence-corrected chi connectivity index (χ1v) is 15.4. The third-order valence-corrected chi connectivity index (χ3v) is 9.11. The first kappa shape index (κ1) is 28.8. The van der Waals surface area contributed by atoms with Crippen LogP contribution >= 0.6 is 11.6 Å². The second kappa shape index (κ2) is 10.6. The largest absolute Gasteiger partial charge is 0.493 e. The molecule has 0 radical (unpaired) electrons. The van der Waals surface area contributed by atoms with E-state index < -0.39 is 58.5 Å². The summed E-state index contributed by atoms with van der Waals surface area (Å²) in [4.78, 5) is 12.3. The highest BCUT2D eigenvalue weighted by Crippen LogP contribution is 2.47. The quantitative estimate of drug-likeness (QED) is 0.278. The number of carbonyl (C=O) groups excluding carboxylic acids is 1. The van der Waals surface area contributed by atoms with Crippen molar-refractivity contribution in [1.82, 2.24) is 14.7 Å². The van der Waals surface area contributed by atoms with Gasteiger partial charge in [-0.2, -0.15) is 13.2 Å². The molecule has 3 saturated heterocycles. The number of carbonyl (C=O) groups is 1. The molecule has 5 rings (SSSR count). The topological polar surface area (TPSA) is 78.9 Å². The van der Waals surface area contributed by atoms with E-state index in [0.29, 0.717) is 24.2 Å². The van der Waals surface area contributed by atoms with Gasteiger partial charge in [0.05, 0.1) is 29.7 Å². The van der Waals surface area contributed by atoms with Gasteiger partial charge in [-0.25, -0.2) is 31.9 Å². The van der Waals surface area contributed by atoms with Crippen molar-refractivity contribution in [3.8, 4) is 5.75 Å². The Kier molecular flexibility index (Phi) is 7.84. The Bertz CT molecular complexity index is 1200. The average Bonchev–Trinajstić information content (AvgIpc) is 3.62. The summed E-state index contributed by atoms with van der Waals surface area (Å²) in [6, 6.07) is 2.15. The van der Waals surface area contributed by atoms with E-state index in [9.17, 15) is 30.8 Å². The number of fused-ring (bicyclic) bond motifs is 2. The fourth-order valence-corrected chi connectivity index (χ4v) is 7.06. The number of piperidine rings is 2. The second-order valence-electron chi connectivity index (χ2n) is 11.2. The summed E-state index contributed by atoms with van der Waals surface area (Å²) in [5, 5.41) is 1.72. The Morgan fingerprint density at radius 1 is 1.13 bits per heavy atom. The molecule has 0 spiro atoms. The SMILES string of the molecule is CS(=O)(=O)NC(=O)c1cc(C2CC2)c(OCC2C[C@H]3CC[C@@H](C2)N3N2CC(C(F)(F)F)CC(Cl)C2F)cc1F. The summed E-state index contributed by atoms with van der Waals surface area (Å²) >= 11 is 6.02. The molecule has 6 atom stereocenters. The van der Waals surface area contributed by atoms with Crippen molar-refractivity contribution in [3.05, 3.63) is 29.1 Å². The van der Waals surface area contributed by atoms with Crippen LogP contribution in [0.25, 0.3) is 0 Å². The number of benzene rings is 1. The molecule has 0 aromatic heterocycles. The van der Waals surface area contributed by atoms with Crippen molar-refractivity contribution in [1.29, 1.82) is 0 Å². The third-order valence-electron chi connectivity index (χ3n) is 8.17. The van der Waals surface area contributed by atoms with E-state index >= 15 is 4.39 Å². The highest BCUT2D eigenvalue weighted by molar-refractivity contribution is 7.89. The van der Waals surface area contributed by atoms with Gasteiger partial charge in [-0.3, -0.25) is 4.79 Å². The normalized spacial score (nSPS) is 32.3. The van der Waals surface area contributed by atoms with E-state index in [1.165, 1.54) is 11.1 Å². The average molecular weight is 600 g/mol. The molecule has 4 fully saturated rings. The van der Waals surface area contributed by atoms with Crippen molar-refractivity contribution in [3.63, 3.8) is 0 Å². The predicted molar refractivity (Wildman–Crippen MR) is 133 cm³/mol. The summed E-state index contributed by atoms with van der Waals surface area (Å²) < 4.78 is 101. The monoisotopic (exact) mass is 599 g/mol. The van der Waals surface area contributed by atoms with Crippen molar-refractivity contribution < 1.29 is 39.9 Å². The van der Waals surface area contributed by atoms with Gasteiger partial charge in [0.2, 0.25) is 10.0 Å². The zero-order valence-corrected chi connectivity index (χ0v) is 22.8. The van der Waals surface area contributed by atoms with Crippen LogP contribution in [0.2, 0.25) is 0 Å². The van der Waals surface area contributed by atoms with Crippen molar-refractivity contribution in [2.45, 2.75) is 80.8 Å². The van der Waals surface area contributed by atoms with Crippen LogP contribution in [0.1, 0.15) is 66.8 Å². The Balaban J connectivity index is 1.26. The second-order valence-corrected chi connectivity index (χ2v) is 13.6. The zero-order chi connectivity index (χ0) is 28.3. The van der Waals surface area contributed by atoms with Crippen LogP contribution in [0.4, 0.5) is 22.0 Å². The minimum atomic E-state index is -4.45. The Hall–Kier alpha value is -1.70. The molecule has 4 aliphatic rings. The zero-order valence-electron chi connectivity index (χ0n) is 21.3. The van der Waals surface area contributed by atoms with Crippen LogP contribution < -0.4 is 9.46 Å². The Morgan fingerprint density at radius 2 is 1.77 bits per heavy atom. The van der Waals surface area contributed by atoms with Crippen LogP contribution in [0.5, 0.6) is 5.75 Å². The fraction of sp³-hybridized carbons (Fsp3) is 0.720. The predicted octanol–water partition coefficient (Wildman–Crippen LogP) is 4.72. The van der Waals surface area contributed by atoms with Gasteiger partial charge in [-0.1, -0.05) is 0 Å². The minimum Gasteiger partial charge on any atom is -0.493 e. The maximum absolute atomic E-state index is 15.0. The smallest absolute Gasteiger partial charge is 0.393 e. The number of halogens is 6. The van der Waals surface area contributed by atoms with Gasteiger partial charge in [-0.05, 0) is 68.4 Å². The van der Waals surface area contributed by atoms with Gasteiger partial charge >= 0.3 is 6.18 Å². The lowest BCUT2D eigenvalue weighted by Crippen LogP contribution is -2.62. The number of rotatable bonds is 7. The molecule has 218 valence electrons. The summed E-state index contributed by atoms with van der Waals surface area (Å²) in [5.74, 6) is -3.25. The first-order chi connectivity index (χ1) is 18.2. The van der Waals surface area contributed by atoms with Gasteiger partial charge in [0.1, 0.15) is 11.6 Å². The number of hydrogen-bond acceptors (Lipinski definition) is 6. The van der Waals surface area contributed by atoms with Gasteiger partial charge in [-0.15, -0.1) is 11.6 Å². The molecule has 1 aliphatic carbocycles. The summed E-state index contributed by atoms with van der Waals surface area (Å²) in [6.07, 6.45) is -1.51. The van der Waals surface area contributed by atoms with E-state index in [0.717, 1.165) is 38.0 Å². The molecule has 14 heteroatoms. The van der Waals surface area contributed by atoms with Gasteiger partial charge in [0.15, 0.2) is 6.30 Å². The fourth-order valence-electron chi connectivity index (χ4n) is 6.27. The number of ether oxygens (including phenoxy) is 1. The number of sulfonamides is 1. The molecule has 4 unspecified atom stereocenters. The molecular weight excluding hydrogens is 569 g/mol. The lowest BCUT2D eigenvalue weighted by atomic mass is 9.91. The number of hydrogen-bond donors (Lipinski definition) is 1. The van der Waals surface area contributed by atoms with E-state index in [1.54, 1.807) is 9.73 Å². The first-order valence-electron chi connectivity index (χ1n) is 13.1. The number of nitrogens with one attached hydrogen (secondary N) is 1. The standard InChI is InChI=1S/C25H31ClF5N3O4S/c1-39(36,37)32-24(35)19-9-18(14-2-3-14)22(10-21(19)27)38-12-13-6-16-4-5-17(7-13)34(16)33-11-15(25(29,30)31)8-20(26)23(33)28/h9-10,13-17,20,23H,2-8,11-12H2,1H3,(H,32,35)/t13?,15?,16-,17+,20?,23?. The van der Waals surface area contributed by atoms with E-state index in [-0.39, 0.29) is 36.1 Å². The lowest BCUT2D eigenvalue weighted by Gasteiger charge is -2.50. The van der Waals surface area contributed by atoms with Gasteiger partial charge < -0.3 is 4.74 Å². The van der Waals surface area contributed by atoms with E-state index in [1.807, 2.05) is 0 Å². The van der Waals surface area contributed by atoms with Gasteiger partial charge in [0.25, 0.3) is 5.91 Å². The molecule has 1 saturated carbocycles. The van der Waals surface area contributed by atoms with Crippen molar-refractivity contribution >= 4 is 27.5 Å². The molecule has 7 nitrogen and oxygen atoms in total. The molecule has 1 aromatic carbocycles. The number of amides is 1. The maximum Gasteiger partial charge on any atom is 0.393 e. The number of alkyl halides is 5. The highest BCUT2D eigenvalue weighted by atomic mass is 35.5. The van der Waals surface area contributed by atoms with Gasteiger partial charge in [0, 0.05) is 24.7 Å². The van der Waals surface area contributed by atoms with Crippen LogP contribution in [0, 0.1) is 17.7 Å². The molecular formula is C25H31ClF5N3O4S. The van der Waals surface area contributed by atoms with Crippen LogP contribution in [-0.2, 0) is 10.0 Å². The highest BCUT2D eigenvalue weighted by Gasteiger charge is 2.53. The molecule has 2 bridgehead atoms. The molecule has 1 aromatic rings. The van der Waals surface area contributed by atoms with Crippen molar-refractivity contribution in [2.24, 2.45) is 11.8 Å². The number of nitrogens with zero attached hydrogens (tertiary/aromatic N) is 2. The maximum atomic E-state index is 15.0. The molecule has 1 N–H and O–H groups in total. The van der Waals surface area contributed by atoms with Crippen LogP contribution in [-0.4, -0.2) is 73.7 Å². The minimum absolute atomic E-state index is 0.0233. The van der Waals surface area contributed by atoms with E-state index in [2.05, 4.69) is 0 Å². The summed E-state index contributed by atoms with van der Waals surface area (Å²) in [7, 11) is -3.87. The molecule has 1 amide bonds. The molecule has 39 heavy (non-hydrogen) atoms. The molecule has 3 aliphatic heterocycles. The van der Waals surface area contributed by atoms with Crippen LogP contribution in [0.3, 0.4) is 0 Å². The van der Waals surface area contributed by atoms with Crippen LogP contribution in [0.15, 0.2) is 12.1 Å². The summed E-state index contributed by atoms with van der Waals surface area (Å²) in [6.45, 7) is -0.220. The van der Waals surface area contributed by atoms with Crippen molar-refractivity contribution in [2.75, 3.05) is 19.4 Å². The molecule has 3 heterocycles. The van der Waals surface area contributed by atoms with E-state index in [4.69, 9.17) is 16.3 Å².